The molecule has 4 heteroatoms. The first-order valence-electron chi connectivity index (χ1n) is 5.48. The summed E-state index contributed by atoms with van der Waals surface area (Å²) in [5.41, 5.74) is -1.54. The quantitative estimate of drug-likeness (QED) is 0.855. The molecule has 0 heterocycles. The van der Waals surface area contributed by atoms with Crippen molar-refractivity contribution in [2.45, 2.75) is 32.6 Å². The molecule has 0 saturated heterocycles. The van der Waals surface area contributed by atoms with E-state index >= 15 is 0 Å². The Morgan fingerprint density at radius 1 is 1.29 bits per heavy atom. The summed E-state index contributed by atoms with van der Waals surface area (Å²) in [4.78, 5) is 11.0. The maximum Gasteiger partial charge on any atom is 0.309 e. The number of carboxylic acid groups (broad SMARTS) is 1. The minimum Gasteiger partial charge on any atom is -0.481 e. The molecule has 0 amide bonds. The largest absolute Gasteiger partial charge is 0.481 e. The molecule has 0 radical (unpaired) electrons. The molecule has 17 heavy (non-hydrogen) atoms. The number of aliphatic carboxylic acids is 1. The lowest BCUT2D eigenvalue weighted by atomic mass is 9.80. The van der Waals surface area contributed by atoms with E-state index in [0.29, 0.717) is 0 Å². The Hall–Kier alpha value is -1.45. The van der Waals surface area contributed by atoms with Crippen LogP contribution >= 0.6 is 0 Å². The first-order chi connectivity index (χ1) is 7.82. The first kappa shape index (κ1) is 13.6. The highest BCUT2D eigenvalue weighted by Crippen LogP contribution is 2.41. The Morgan fingerprint density at radius 3 is 2.24 bits per heavy atom. The van der Waals surface area contributed by atoms with Crippen LogP contribution in [0.1, 0.15) is 32.3 Å². The number of hydrogen-bond acceptors (Lipinski definition) is 1. The summed E-state index contributed by atoms with van der Waals surface area (Å²) < 4.78 is 27.9. The van der Waals surface area contributed by atoms with Gasteiger partial charge in [0.1, 0.15) is 0 Å². The number of benzene rings is 1. The standard InChI is InChI=1S/C13H16F2O2/c1-3-12(2,11(16)17)9-13(14,15)10-7-5-4-6-8-10/h4-8H,3,9H2,1-2H3,(H,16,17). The summed E-state index contributed by atoms with van der Waals surface area (Å²) >= 11 is 0. The lowest BCUT2D eigenvalue weighted by molar-refractivity contribution is -0.155. The van der Waals surface area contributed by atoms with Crippen LogP contribution in [0.2, 0.25) is 0 Å². The molecular weight excluding hydrogens is 226 g/mol. The molecule has 1 aromatic carbocycles. The van der Waals surface area contributed by atoms with E-state index < -0.39 is 23.7 Å². The molecule has 0 aliphatic rings. The van der Waals surface area contributed by atoms with Gasteiger partial charge in [0.15, 0.2) is 0 Å². The molecule has 0 saturated carbocycles. The predicted molar refractivity (Wildman–Crippen MR) is 61.0 cm³/mol. The number of rotatable bonds is 5. The summed E-state index contributed by atoms with van der Waals surface area (Å²) in [6.45, 7) is 2.96. The highest BCUT2D eigenvalue weighted by molar-refractivity contribution is 5.74. The number of alkyl halides is 2. The monoisotopic (exact) mass is 242 g/mol. The van der Waals surface area contributed by atoms with Gasteiger partial charge in [0.2, 0.25) is 0 Å². The summed E-state index contributed by atoms with van der Waals surface area (Å²) in [5.74, 6) is -4.31. The fraction of sp³-hybridized carbons (Fsp3) is 0.462. The molecule has 0 aromatic heterocycles. The van der Waals surface area contributed by atoms with Crippen LogP contribution in [0.4, 0.5) is 8.78 Å². The number of carbonyl (C=O) groups is 1. The second kappa shape index (κ2) is 4.82. The van der Waals surface area contributed by atoms with Gasteiger partial charge in [0.05, 0.1) is 5.41 Å². The van der Waals surface area contributed by atoms with Gasteiger partial charge in [-0.15, -0.1) is 0 Å². The van der Waals surface area contributed by atoms with E-state index in [9.17, 15) is 13.6 Å². The van der Waals surface area contributed by atoms with Crippen molar-refractivity contribution >= 4 is 5.97 Å². The third kappa shape index (κ3) is 3.02. The molecule has 1 atom stereocenters. The number of carboxylic acids is 1. The van der Waals surface area contributed by atoms with Crippen LogP contribution < -0.4 is 0 Å². The zero-order valence-electron chi connectivity index (χ0n) is 9.91. The van der Waals surface area contributed by atoms with Crippen LogP contribution in [0.15, 0.2) is 30.3 Å². The van der Waals surface area contributed by atoms with E-state index in [-0.39, 0.29) is 12.0 Å². The molecule has 1 N–H and O–H groups in total. The Balaban J connectivity index is 2.97. The van der Waals surface area contributed by atoms with Crippen LogP contribution in [0.25, 0.3) is 0 Å². The lowest BCUT2D eigenvalue weighted by Crippen LogP contribution is -2.33. The maximum absolute atomic E-state index is 13.9. The van der Waals surface area contributed by atoms with E-state index in [4.69, 9.17) is 5.11 Å². The van der Waals surface area contributed by atoms with Crippen molar-refractivity contribution in [1.82, 2.24) is 0 Å². The third-order valence-electron chi connectivity index (χ3n) is 3.10. The van der Waals surface area contributed by atoms with Crippen molar-refractivity contribution in [3.05, 3.63) is 35.9 Å². The van der Waals surface area contributed by atoms with Gasteiger partial charge >= 0.3 is 5.97 Å². The third-order valence-corrected chi connectivity index (χ3v) is 3.10. The van der Waals surface area contributed by atoms with Crippen LogP contribution in [0.5, 0.6) is 0 Å². The van der Waals surface area contributed by atoms with Gasteiger partial charge < -0.3 is 5.11 Å². The van der Waals surface area contributed by atoms with Gasteiger partial charge in [-0.2, -0.15) is 0 Å². The predicted octanol–water partition coefficient (Wildman–Crippen LogP) is 3.67. The molecule has 0 aliphatic heterocycles. The molecule has 0 bridgehead atoms. The molecule has 0 spiro atoms. The first-order valence-corrected chi connectivity index (χ1v) is 5.48. The van der Waals surface area contributed by atoms with E-state index in [0.717, 1.165) is 0 Å². The lowest BCUT2D eigenvalue weighted by Gasteiger charge is -2.28. The average molecular weight is 242 g/mol. The number of hydrogen-bond donors (Lipinski definition) is 1. The van der Waals surface area contributed by atoms with E-state index in [1.807, 2.05) is 0 Å². The van der Waals surface area contributed by atoms with Gasteiger partial charge in [0, 0.05) is 12.0 Å². The Labute approximate surface area is 99.3 Å². The Kier molecular flexibility index (Phi) is 3.86. The molecule has 2 nitrogen and oxygen atoms in total. The summed E-state index contributed by atoms with van der Waals surface area (Å²) in [7, 11) is 0. The van der Waals surface area contributed by atoms with E-state index in [1.165, 1.54) is 31.2 Å². The fourth-order valence-corrected chi connectivity index (χ4v) is 1.63. The fourth-order valence-electron chi connectivity index (χ4n) is 1.63. The molecule has 0 fully saturated rings. The molecule has 1 aromatic rings. The van der Waals surface area contributed by atoms with Gasteiger partial charge in [-0.3, -0.25) is 4.79 Å². The maximum atomic E-state index is 13.9. The molecule has 0 aliphatic carbocycles. The molecule has 1 rings (SSSR count). The van der Waals surface area contributed by atoms with Crippen molar-refractivity contribution in [3.63, 3.8) is 0 Å². The topological polar surface area (TPSA) is 37.3 Å². The van der Waals surface area contributed by atoms with Crippen LogP contribution in [-0.2, 0) is 10.7 Å². The van der Waals surface area contributed by atoms with Crippen LogP contribution in [-0.4, -0.2) is 11.1 Å². The molecule has 1 unspecified atom stereocenters. The Morgan fingerprint density at radius 2 is 1.82 bits per heavy atom. The van der Waals surface area contributed by atoms with E-state index in [2.05, 4.69) is 0 Å². The van der Waals surface area contributed by atoms with Gasteiger partial charge in [0.25, 0.3) is 5.92 Å². The Bertz CT molecular complexity index is 390. The minimum absolute atomic E-state index is 0.138. The summed E-state index contributed by atoms with van der Waals surface area (Å²) in [6, 6.07) is 7.33. The second-order valence-corrected chi connectivity index (χ2v) is 4.47. The highest BCUT2D eigenvalue weighted by atomic mass is 19.3. The van der Waals surface area contributed by atoms with Crippen molar-refractivity contribution in [2.75, 3.05) is 0 Å². The summed E-state index contributed by atoms with van der Waals surface area (Å²) in [5, 5.41) is 9.01. The zero-order valence-corrected chi connectivity index (χ0v) is 9.91. The highest BCUT2D eigenvalue weighted by Gasteiger charge is 2.43. The molecular formula is C13H16F2O2. The number of halogens is 2. The smallest absolute Gasteiger partial charge is 0.309 e. The minimum atomic E-state index is -3.12. The SMILES string of the molecule is CCC(C)(CC(F)(F)c1ccccc1)C(=O)O. The summed E-state index contributed by atoms with van der Waals surface area (Å²) in [6.07, 6.45) is -0.513. The van der Waals surface area contributed by atoms with Crippen molar-refractivity contribution in [1.29, 1.82) is 0 Å². The normalized spacial score (nSPS) is 15.3. The van der Waals surface area contributed by atoms with Crippen molar-refractivity contribution < 1.29 is 18.7 Å². The zero-order chi connectivity index (χ0) is 13.1. The van der Waals surface area contributed by atoms with Crippen LogP contribution in [0, 0.1) is 5.41 Å². The average Bonchev–Trinajstić information content (AvgIpc) is 2.29. The second-order valence-electron chi connectivity index (χ2n) is 4.47. The van der Waals surface area contributed by atoms with Crippen molar-refractivity contribution in [2.24, 2.45) is 5.41 Å². The van der Waals surface area contributed by atoms with Crippen molar-refractivity contribution in [3.8, 4) is 0 Å². The molecule has 94 valence electrons. The van der Waals surface area contributed by atoms with E-state index in [1.54, 1.807) is 13.0 Å². The van der Waals surface area contributed by atoms with Gasteiger partial charge in [-0.05, 0) is 13.3 Å². The van der Waals surface area contributed by atoms with Gasteiger partial charge in [-0.1, -0.05) is 37.3 Å². The van der Waals surface area contributed by atoms with Crippen LogP contribution in [0.3, 0.4) is 0 Å². The van der Waals surface area contributed by atoms with Gasteiger partial charge in [-0.25, -0.2) is 8.78 Å².